The van der Waals surface area contributed by atoms with Gasteiger partial charge >= 0.3 is 0 Å². The molecule has 168 valence electrons. The summed E-state index contributed by atoms with van der Waals surface area (Å²) < 4.78 is 5.33. The molecule has 3 aromatic carbocycles. The van der Waals surface area contributed by atoms with Gasteiger partial charge < -0.3 is 15.2 Å². The lowest BCUT2D eigenvalue weighted by Gasteiger charge is -2.39. The highest BCUT2D eigenvalue weighted by Gasteiger charge is 2.58. The van der Waals surface area contributed by atoms with Gasteiger partial charge in [-0.2, -0.15) is 0 Å². The molecule has 0 bridgehead atoms. The number of nitrogens with zero attached hydrogens (tertiary/aromatic N) is 1. The van der Waals surface area contributed by atoms with E-state index < -0.39 is 17.0 Å². The second-order valence-corrected chi connectivity index (χ2v) is 8.60. The summed E-state index contributed by atoms with van der Waals surface area (Å²) in [5.41, 5.74) is 0.792. The van der Waals surface area contributed by atoms with Crippen molar-refractivity contribution in [3.05, 3.63) is 89.5 Å². The van der Waals surface area contributed by atoms with E-state index >= 15 is 0 Å². The van der Waals surface area contributed by atoms with E-state index in [1.807, 2.05) is 43.3 Å². The number of methoxy groups -OCH3 is 1. The normalized spacial score (nSPS) is 23.1. The maximum Gasteiger partial charge on any atom is 0.265 e. The largest absolute Gasteiger partial charge is 0.496 e. The van der Waals surface area contributed by atoms with Gasteiger partial charge in [-0.1, -0.05) is 55.5 Å². The Hall–Kier alpha value is -3.64. The van der Waals surface area contributed by atoms with Crippen LogP contribution in [0.15, 0.2) is 72.8 Å². The van der Waals surface area contributed by atoms with Gasteiger partial charge in [-0.15, -0.1) is 0 Å². The molecule has 2 heterocycles. The van der Waals surface area contributed by atoms with Gasteiger partial charge in [0.2, 0.25) is 0 Å². The molecule has 0 spiro atoms. The fourth-order valence-electron chi connectivity index (χ4n) is 5.28. The Bertz CT molecular complexity index is 1260. The zero-order valence-corrected chi connectivity index (χ0v) is 18.7. The number of ketones is 1. The molecule has 0 aromatic heterocycles. The molecule has 6 heteroatoms. The van der Waals surface area contributed by atoms with Gasteiger partial charge in [-0.25, -0.2) is 0 Å². The number of para-hydroxylation sites is 3. The highest BCUT2D eigenvalue weighted by Crippen LogP contribution is 2.52. The van der Waals surface area contributed by atoms with Gasteiger partial charge in [-0.05, 0) is 30.7 Å². The van der Waals surface area contributed by atoms with E-state index in [4.69, 9.17) is 4.74 Å². The third kappa shape index (κ3) is 2.98. The summed E-state index contributed by atoms with van der Waals surface area (Å²) in [7, 11) is 1.49. The highest BCUT2D eigenvalue weighted by molar-refractivity contribution is 6.12. The fraction of sp³-hybridized carbons (Fsp3) is 0.259. The van der Waals surface area contributed by atoms with Crippen molar-refractivity contribution >= 4 is 23.1 Å². The lowest BCUT2D eigenvalue weighted by Crippen LogP contribution is -2.53. The van der Waals surface area contributed by atoms with Crippen LogP contribution in [0.1, 0.15) is 41.3 Å². The molecule has 2 N–H and O–H groups in total. The van der Waals surface area contributed by atoms with Crippen LogP contribution >= 0.6 is 0 Å². The van der Waals surface area contributed by atoms with Crippen LogP contribution in [0.2, 0.25) is 0 Å². The van der Waals surface area contributed by atoms with Gasteiger partial charge in [0, 0.05) is 23.4 Å². The molecule has 0 aliphatic carbocycles. The first-order chi connectivity index (χ1) is 16.0. The first-order valence-electron chi connectivity index (χ1n) is 11.1. The number of amides is 1. The minimum absolute atomic E-state index is 0.343. The predicted molar refractivity (Wildman–Crippen MR) is 127 cm³/mol. The number of hydrogen-bond acceptors (Lipinski definition) is 5. The molecule has 0 saturated carbocycles. The van der Waals surface area contributed by atoms with Crippen LogP contribution in [0.4, 0.5) is 11.4 Å². The molecule has 2 aliphatic heterocycles. The summed E-state index contributed by atoms with van der Waals surface area (Å²) in [4.78, 5) is 29.0. The van der Waals surface area contributed by atoms with Crippen molar-refractivity contribution in [2.24, 2.45) is 0 Å². The number of aliphatic hydroxyl groups is 1. The average Bonchev–Trinajstić information content (AvgIpc) is 3.33. The van der Waals surface area contributed by atoms with E-state index in [1.54, 1.807) is 41.3 Å². The number of carbonyl (C=O) groups is 2. The lowest BCUT2D eigenvalue weighted by atomic mass is 9.86. The summed E-state index contributed by atoms with van der Waals surface area (Å²) in [6.07, 6.45) is 0.280. The van der Waals surface area contributed by atoms with Crippen molar-refractivity contribution in [1.82, 2.24) is 0 Å². The Labute approximate surface area is 192 Å². The highest BCUT2D eigenvalue weighted by atomic mass is 16.5. The molecule has 2 atom stereocenters. The molecule has 0 fully saturated rings. The number of Topliss-reactive ketones (excluding diaryl/α,β-unsaturated/α-hetero) is 1. The van der Waals surface area contributed by atoms with E-state index in [2.05, 4.69) is 5.32 Å². The maximum absolute atomic E-state index is 14.0. The van der Waals surface area contributed by atoms with E-state index in [9.17, 15) is 14.7 Å². The Morgan fingerprint density at radius 3 is 2.45 bits per heavy atom. The Morgan fingerprint density at radius 1 is 1.03 bits per heavy atom. The number of fused-ring (bicyclic) bond motifs is 2. The number of rotatable bonds is 6. The van der Waals surface area contributed by atoms with Crippen LogP contribution in [-0.4, -0.2) is 30.5 Å². The molecule has 33 heavy (non-hydrogen) atoms. The molecule has 3 aromatic rings. The summed E-state index contributed by atoms with van der Waals surface area (Å²) in [6, 6.07) is 22.0. The van der Waals surface area contributed by atoms with Gasteiger partial charge in [-0.3, -0.25) is 14.5 Å². The zero-order chi connectivity index (χ0) is 23.2. The standard InChI is InChI=1S/C27H26N2O4/c1-3-26(17-28-21-13-7-5-11-19(21)26)29-22-14-8-6-12-20(22)27(32,25(29)31)16-23(30)18-10-4-9-15-24(18)33-2/h4-15,28,32H,3,16-17H2,1-2H3. The van der Waals surface area contributed by atoms with Crippen LogP contribution < -0.4 is 15.0 Å². The topological polar surface area (TPSA) is 78.9 Å². The molecular formula is C27H26N2O4. The quantitative estimate of drug-likeness (QED) is 0.559. The monoisotopic (exact) mass is 442 g/mol. The van der Waals surface area contributed by atoms with E-state index in [0.717, 1.165) is 11.3 Å². The first-order valence-corrected chi connectivity index (χ1v) is 11.1. The molecule has 2 aliphatic rings. The molecule has 0 saturated heterocycles. The van der Waals surface area contributed by atoms with Crippen LogP contribution in [0, 0.1) is 0 Å². The second kappa shape index (κ2) is 7.74. The van der Waals surface area contributed by atoms with Gasteiger partial charge in [0.25, 0.3) is 5.91 Å². The number of hydrogen-bond donors (Lipinski definition) is 2. The van der Waals surface area contributed by atoms with Crippen LogP contribution in [0.25, 0.3) is 0 Å². The Balaban J connectivity index is 1.61. The maximum atomic E-state index is 14.0. The minimum atomic E-state index is -1.96. The van der Waals surface area contributed by atoms with E-state index in [0.29, 0.717) is 35.5 Å². The average molecular weight is 443 g/mol. The van der Waals surface area contributed by atoms with Gasteiger partial charge in [0.15, 0.2) is 11.4 Å². The first kappa shape index (κ1) is 21.2. The summed E-state index contributed by atoms with van der Waals surface area (Å²) in [6.45, 7) is 2.57. The van der Waals surface area contributed by atoms with Gasteiger partial charge in [0.05, 0.1) is 30.3 Å². The molecular weight excluding hydrogens is 416 g/mol. The minimum Gasteiger partial charge on any atom is -0.496 e. The number of carbonyl (C=O) groups excluding carboxylic acids is 2. The van der Waals surface area contributed by atoms with Crippen molar-refractivity contribution in [3.63, 3.8) is 0 Å². The van der Waals surface area contributed by atoms with Crippen molar-refractivity contribution in [1.29, 1.82) is 0 Å². The van der Waals surface area contributed by atoms with Gasteiger partial charge in [0.1, 0.15) is 5.75 Å². The summed E-state index contributed by atoms with van der Waals surface area (Å²) in [5.74, 6) is -0.414. The number of benzene rings is 3. The molecule has 2 unspecified atom stereocenters. The third-order valence-corrected chi connectivity index (χ3v) is 6.98. The molecule has 0 radical (unpaired) electrons. The summed E-state index contributed by atoms with van der Waals surface area (Å²) in [5, 5.41) is 15.2. The number of anilines is 2. The fourth-order valence-corrected chi connectivity index (χ4v) is 5.28. The van der Waals surface area contributed by atoms with Crippen molar-refractivity contribution in [2.75, 3.05) is 23.9 Å². The molecule has 5 rings (SSSR count). The van der Waals surface area contributed by atoms with Crippen molar-refractivity contribution in [3.8, 4) is 5.75 Å². The van der Waals surface area contributed by atoms with Crippen molar-refractivity contribution < 1.29 is 19.4 Å². The predicted octanol–water partition coefficient (Wildman–Crippen LogP) is 4.23. The Morgan fingerprint density at radius 2 is 1.70 bits per heavy atom. The number of ether oxygens (including phenoxy) is 1. The lowest BCUT2D eigenvalue weighted by molar-refractivity contribution is -0.137. The molecule has 6 nitrogen and oxygen atoms in total. The van der Waals surface area contributed by atoms with Crippen molar-refractivity contribution in [2.45, 2.75) is 30.9 Å². The second-order valence-electron chi connectivity index (χ2n) is 8.60. The zero-order valence-electron chi connectivity index (χ0n) is 18.7. The van der Waals surface area contributed by atoms with Crippen LogP contribution in [0.3, 0.4) is 0 Å². The SMILES string of the molecule is CCC1(N2C(=O)C(O)(CC(=O)c3ccccc3OC)c3ccccc32)CNc2ccccc21. The smallest absolute Gasteiger partial charge is 0.265 e. The van der Waals surface area contributed by atoms with E-state index in [-0.39, 0.29) is 12.2 Å². The van der Waals surface area contributed by atoms with Crippen LogP contribution in [-0.2, 0) is 15.9 Å². The van der Waals surface area contributed by atoms with E-state index in [1.165, 1.54) is 7.11 Å². The third-order valence-electron chi connectivity index (χ3n) is 6.98. The molecule has 1 amide bonds. The Kier molecular flexibility index (Phi) is 4.98. The van der Waals surface area contributed by atoms with Crippen LogP contribution in [0.5, 0.6) is 5.75 Å². The number of nitrogens with one attached hydrogen (secondary N) is 1. The summed E-state index contributed by atoms with van der Waals surface area (Å²) >= 11 is 0.